The molecule has 1 aromatic rings. The van der Waals surface area contributed by atoms with Crippen molar-refractivity contribution in [2.24, 2.45) is 4.99 Å². The maximum atomic E-state index is 13.1. The van der Waals surface area contributed by atoms with Crippen LogP contribution in [0.15, 0.2) is 23.2 Å². The van der Waals surface area contributed by atoms with Crippen LogP contribution in [0.4, 0.5) is 17.6 Å². The van der Waals surface area contributed by atoms with E-state index in [2.05, 4.69) is 15.6 Å². The fourth-order valence-corrected chi connectivity index (χ4v) is 2.42. The molecule has 0 aliphatic rings. The van der Waals surface area contributed by atoms with E-state index in [0.717, 1.165) is 17.5 Å². The van der Waals surface area contributed by atoms with Crippen molar-refractivity contribution in [3.05, 3.63) is 35.1 Å². The summed E-state index contributed by atoms with van der Waals surface area (Å²) in [5.41, 5.74) is 1.95. The number of halogens is 5. The van der Waals surface area contributed by atoms with Crippen molar-refractivity contribution in [3.63, 3.8) is 0 Å². The van der Waals surface area contributed by atoms with Gasteiger partial charge in [0.1, 0.15) is 5.82 Å². The minimum Gasteiger partial charge on any atom is -0.356 e. The third-order valence-electron chi connectivity index (χ3n) is 3.67. The standard InChI is InChI=1S/C17H26F4N4.HI/c1-13-11-15(18)6-5-14(13)7-9-24-16(22-2)23-8-4-10-25(3)12-17(19,20)21;/h5-6,11H,4,7-10,12H2,1-3H3,(H2,22,23,24);1H. The molecule has 0 aliphatic heterocycles. The average Bonchev–Trinajstić information content (AvgIpc) is 2.49. The maximum Gasteiger partial charge on any atom is 0.401 e. The van der Waals surface area contributed by atoms with Crippen LogP contribution in [0.1, 0.15) is 17.5 Å². The Balaban J connectivity index is 0.00000625. The van der Waals surface area contributed by atoms with Crippen molar-refractivity contribution in [3.8, 4) is 0 Å². The van der Waals surface area contributed by atoms with E-state index in [-0.39, 0.29) is 29.8 Å². The van der Waals surface area contributed by atoms with Gasteiger partial charge in [0.2, 0.25) is 0 Å². The summed E-state index contributed by atoms with van der Waals surface area (Å²) in [5, 5.41) is 6.21. The number of guanidine groups is 1. The van der Waals surface area contributed by atoms with Gasteiger partial charge >= 0.3 is 6.18 Å². The molecule has 2 N–H and O–H groups in total. The van der Waals surface area contributed by atoms with Gasteiger partial charge in [0.25, 0.3) is 0 Å². The van der Waals surface area contributed by atoms with Gasteiger partial charge in [-0.25, -0.2) is 4.39 Å². The highest BCUT2D eigenvalue weighted by atomic mass is 127. The van der Waals surface area contributed by atoms with Crippen molar-refractivity contribution in [2.45, 2.75) is 25.9 Å². The molecule has 0 unspecified atom stereocenters. The highest BCUT2D eigenvalue weighted by molar-refractivity contribution is 14.0. The van der Waals surface area contributed by atoms with Crippen LogP contribution in [0, 0.1) is 12.7 Å². The van der Waals surface area contributed by atoms with Crippen LogP contribution in [0.5, 0.6) is 0 Å². The lowest BCUT2D eigenvalue weighted by Crippen LogP contribution is -2.40. The molecule has 26 heavy (non-hydrogen) atoms. The van der Waals surface area contributed by atoms with Gasteiger partial charge in [-0.2, -0.15) is 13.2 Å². The highest BCUT2D eigenvalue weighted by Gasteiger charge is 2.28. The van der Waals surface area contributed by atoms with Crippen molar-refractivity contribution in [2.75, 3.05) is 40.3 Å². The first-order chi connectivity index (χ1) is 11.7. The quantitative estimate of drug-likeness (QED) is 0.193. The van der Waals surface area contributed by atoms with E-state index in [1.807, 2.05) is 6.92 Å². The number of hydrogen-bond donors (Lipinski definition) is 2. The number of nitrogens with one attached hydrogen (secondary N) is 2. The van der Waals surface area contributed by atoms with Crippen LogP contribution >= 0.6 is 24.0 Å². The molecule has 0 heterocycles. The Labute approximate surface area is 169 Å². The number of benzene rings is 1. The molecule has 1 rings (SSSR count). The van der Waals surface area contributed by atoms with Gasteiger partial charge in [0.15, 0.2) is 5.96 Å². The fraction of sp³-hybridized carbons (Fsp3) is 0.588. The molecule has 0 aromatic heterocycles. The summed E-state index contributed by atoms with van der Waals surface area (Å²) in [6.45, 7) is 2.45. The van der Waals surface area contributed by atoms with Crippen molar-refractivity contribution >= 4 is 29.9 Å². The molecule has 0 amide bonds. The van der Waals surface area contributed by atoms with E-state index in [1.54, 1.807) is 13.1 Å². The van der Waals surface area contributed by atoms with Gasteiger partial charge in [-0.3, -0.25) is 9.89 Å². The van der Waals surface area contributed by atoms with Gasteiger partial charge in [-0.05, 0) is 56.6 Å². The maximum absolute atomic E-state index is 13.1. The van der Waals surface area contributed by atoms with E-state index < -0.39 is 12.7 Å². The SMILES string of the molecule is CN=C(NCCCN(C)CC(F)(F)F)NCCc1ccc(F)cc1C.I. The average molecular weight is 490 g/mol. The Kier molecular flexibility index (Phi) is 11.8. The molecular weight excluding hydrogens is 463 g/mol. The first-order valence-electron chi connectivity index (χ1n) is 8.16. The molecule has 0 saturated carbocycles. The Bertz CT molecular complexity index is 564. The molecule has 9 heteroatoms. The summed E-state index contributed by atoms with van der Waals surface area (Å²) in [7, 11) is 3.08. The lowest BCUT2D eigenvalue weighted by molar-refractivity contribution is -0.143. The number of hydrogen-bond acceptors (Lipinski definition) is 2. The Hall–Kier alpha value is -1.10. The fourth-order valence-electron chi connectivity index (χ4n) is 2.42. The van der Waals surface area contributed by atoms with E-state index in [4.69, 9.17) is 0 Å². The summed E-state index contributed by atoms with van der Waals surface area (Å²) < 4.78 is 49.7. The number of aryl methyl sites for hydroxylation is 1. The molecule has 0 atom stereocenters. The molecule has 150 valence electrons. The first-order valence-corrected chi connectivity index (χ1v) is 8.16. The topological polar surface area (TPSA) is 39.7 Å². The number of alkyl halides is 3. The van der Waals surface area contributed by atoms with E-state index in [0.29, 0.717) is 32.0 Å². The van der Waals surface area contributed by atoms with Crippen LogP contribution < -0.4 is 10.6 Å². The third kappa shape index (κ3) is 10.8. The van der Waals surface area contributed by atoms with Gasteiger partial charge in [0, 0.05) is 20.1 Å². The second-order valence-corrected chi connectivity index (χ2v) is 5.95. The normalized spacial score (nSPS) is 12.1. The summed E-state index contributed by atoms with van der Waals surface area (Å²) in [5.74, 6) is 0.348. The number of aliphatic imine (C=N–C) groups is 1. The molecular formula is C17H27F4IN4. The number of rotatable bonds is 8. The van der Waals surface area contributed by atoms with Gasteiger partial charge in [0.05, 0.1) is 6.54 Å². The van der Waals surface area contributed by atoms with Crippen molar-refractivity contribution < 1.29 is 17.6 Å². The Morgan fingerprint density at radius 2 is 1.85 bits per heavy atom. The summed E-state index contributed by atoms with van der Waals surface area (Å²) in [6, 6.07) is 4.70. The molecule has 0 bridgehead atoms. The van der Waals surface area contributed by atoms with E-state index in [1.165, 1.54) is 24.1 Å². The lowest BCUT2D eigenvalue weighted by atomic mass is 10.1. The minimum atomic E-state index is -4.17. The van der Waals surface area contributed by atoms with Gasteiger partial charge < -0.3 is 10.6 Å². The van der Waals surface area contributed by atoms with Crippen molar-refractivity contribution in [1.82, 2.24) is 15.5 Å². The van der Waals surface area contributed by atoms with E-state index in [9.17, 15) is 17.6 Å². The Morgan fingerprint density at radius 1 is 1.19 bits per heavy atom. The van der Waals surface area contributed by atoms with Gasteiger partial charge in [-0.15, -0.1) is 24.0 Å². The minimum absolute atomic E-state index is 0. The van der Waals surface area contributed by atoms with Crippen LogP contribution in [0.2, 0.25) is 0 Å². The van der Waals surface area contributed by atoms with Gasteiger partial charge in [-0.1, -0.05) is 6.07 Å². The summed E-state index contributed by atoms with van der Waals surface area (Å²) >= 11 is 0. The van der Waals surface area contributed by atoms with Crippen LogP contribution in [0.3, 0.4) is 0 Å². The molecule has 1 aromatic carbocycles. The molecule has 0 saturated heterocycles. The predicted octanol–water partition coefficient (Wildman–Crippen LogP) is 3.34. The molecule has 0 aliphatic carbocycles. The molecule has 0 radical (unpaired) electrons. The number of nitrogens with zero attached hydrogens (tertiary/aromatic N) is 2. The zero-order valence-electron chi connectivity index (χ0n) is 15.3. The van der Waals surface area contributed by atoms with E-state index >= 15 is 0 Å². The molecule has 0 fully saturated rings. The second kappa shape index (κ2) is 12.3. The zero-order valence-corrected chi connectivity index (χ0v) is 17.6. The first kappa shape index (κ1) is 24.9. The van der Waals surface area contributed by atoms with Crippen LogP contribution in [-0.4, -0.2) is 57.3 Å². The highest BCUT2D eigenvalue weighted by Crippen LogP contribution is 2.15. The smallest absolute Gasteiger partial charge is 0.356 e. The molecule has 4 nitrogen and oxygen atoms in total. The van der Waals surface area contributed by atoms with Crippen LogP contribution in [-0.2, 0) is 6.42 Å². The monoisotopic (exact) mass is 490 g/mol. The predicted molar refractivity (Wildman–Crippen MR) is 108 cm³/mol. The summed E-state index contributed by atoms with van der Waals surface area (Å²) in [4.78, 5) is 5.32. The van der Waals surface area contributed by atoms with Crippen molar-refractivity contribution in [1.29, 1.82) is 0 Å². The zero-order chi connectivity index (χ0) is 18.9. The largest absolute Gasteiger partial charge is 0.401 e. The van der Waals surface area contributed by atoms with Crippen LogP contribution in [0.25, 0.3) is 0 Å². The summed E-state index contributed by atoms with van der Waals surface area (Å²) in [6.07, 6.45) is -2.87. The molecule has 0 spiro atoms. The second-order valence-electron chi connectivity index (χ2n) is 5.95. The Morgan fingerprint density at radius 3 is 2.42 bits per heavy atom. The lowest BCUT2D eigenvalue weighted by Gasteiger charge is -2.19. The third-order valence-corrected chi connectivity index (χ3v) is 3.67.